The predicted octanol–water partition coefficient (Wildman–Crippen LogP) is 2.46. The Bertz CT molecular complexity index is 377. The first kappa shape index (κ1) is 11.8. The highest BCUT2D eigenvalue weighted by molar-refractivity contribution is 6.30. The summed E-state index contributed by atoms with van der Waals surface area (Å²) in [5.41, 5.74) is 2.36. The van der Waals surface area contributed by atoms with Gasteiger partial charge >= 0.3 is 0 Å². The molecule has 4 heteroatoms. The molecule has 0 unspecified atom stereocenters. The first-order chi connectivity index (χ1) is 7.66. The number of fused-ring (bicyclic) bond motifs is 1. The molecule has 1 aromatic rings. The minimum atomic E-state index is 0.670. The first-order valence-corrected chi connectivity index (χ1v) is 6.23. The van der Waals surface area contributed by atoms with E-state index in [0.29, 0.717) is 5.15 Å². The molecule has 0 aromatic carbocycles. The molecule has 0 bridgehead atoms. The van der Waals surface area contributed by atoms with Gasteiger partial charge in [-0.15, -0.1) is 0 Å². The van der Waals surface area contributed by atoms with Crippen LogP contribution >= 0.6 is 11.6 Å². The highest BCUT2D eigenvalue weighted by Gasteiger charge is 2.15. The third-order valence-electron chi connectivity index (χ3n) is 2.89. The van der Waals surface area contributed by atoms with Crippen molar-refractivity contribution >= 4 is 11.6 Å². The van der Waals surface area contributed by atoms with Gasteiger partial charge in [-0.1, -0.05) is 18.0 Å². The zero-order chi connectivity index (χ0) is 11.5. The molecule has 2 rings (SSSR count). The van der Waals surface area contributed by atoms with Crippen molar-refractivity contribution in [1.82, 2.24) is 14.9 Å². The lowest BCUT2D eigenvalue weighted by molar-refractivity contribution is 0.389. The van der Waals surface area contributed by atoms with Crippen LogP contribution in [0.15, 0.2) is 0 Å². The molecule has 16 heavy (non-hydrogen) atoms. The van der Waals surface area contributed by atoms with Gasteiger partial charge in [-0.3, -0.25) is 0 Å². The molecule has 0 aliphatic heterocycles. The minimum absolute atomic E-state index is 0.670. The van der Waals surface area contributed by atoms with Gasteiger partial charge in [0, 0.05) is 11.3 Å². The standard InChI is InChI=1S/C12H18ClN3/c1-16(2)8-11-14-10-7-5-3-4-6-9(10)12(13)15-11/h3-8H2,1-2H3. The summed E-state index contributed by atoms with van der Waals surface area (Å²) in [6.45, 7) is 0.757. The molecule has 0 amide bonds. The molecule has 0 N–H and O–H groups in total. The number of aromatic nitrogens is 2. The van der Waals surface area contributed by atoms with E-state index in [4.69, 9.17) is 11.6 Å². The Balaban J connectivity index is 2.32. The second-order valence-electron chi connectivity index (χ2n) is 4.65. The Kier molecular flexibility index (Phi) is 3.77. The van der Waals surface area contributed by atoms with E-state index in [1.165, 1.54) is 30.5 Å². The summed E-state index contributed by atoms with van der Waals surface area (Å²) in [4.78, 5) is 11.1. The Morgan fingerprint density at radius 2 is 1.88 bits per heavy atom. The number of nitrogens with zero attached hydrogens (tertiary/aromatic N) is 3. The van der Waals surface area contributed by atoms with Crippen LogP contribution in [0.3, 0.4) is 0 Å². The van der Waals surface area contributed by atoms with E-state index in [2.05, 4.69) is 14.9 Å². The molecule has 1 aliphatic rings. The van der Waals surface area contributed by atoms with Crippen LogP contribution in [-0.4, -0.2) is 29.0 Å². The summed E-state index contributed by atoms with van der Waals surface area (Å²) in [6, 6.07) is 0. The third-order valence-corrected chi connectivity index (χ3v) is 3.20. The average Bonchev–Trinajstić information content (AvgIpc) is 2.41. The lowest BCUT2D eigenvalue weighted by atomic mass is 10.1. The molecule has 0 atom stereocenters. The van der Waals surface area contributed by atoms with Gasteiger partial charge in [0.1, 0.15) is 11.0 Å². The zero-order valence-electron chi connectivity index (χ0n) is 9.96. The average molecular weight is 240 g/mol. The fourth-order valence-electron chi connectivity index (χ4n) is 2.13. The normalized spacial score (nSPS) is 16.0. The van der Waals surface area contributed by atoms with E-state index in [1.54, 1.807) is 0 Å². The minimum Gasteiger partial charge on any atom is -0.302 e. The predicted molar refractivity (Wildman–Crippen MR) is 65.7 cm³/mol. The molecule has 0 spiro atoms. The van der Waals surface area contributed by atoms with Gasteiger partial charge in [-0.25, -0.2) is 9.97 Å². The fraction of sp³-hybridized carbons (Fsp3) is 0.667. The molecule has 0 radical (unpaired) electrons. The number of rotatable bonds is 2. The quantitative estimate of drug-likeness (QED) is 0.587. The molecule has 0 saturated carbocycles. The van der Waals surface area contributed by atoms with E-state index in [9.17, 15) is 0 Å². The highest BCUT2D eigenvalue weighted by Crippen LogP contribution is 2.24. The number of halogens is 1. The van der Waals surface area contributed by atoms with Gasteiger partial charge in [0.05, 0.1) is 6.54 Å². The fourth-order valence-corrected chi connectivity index (χ4v) is 2.43. The van der Waals surface area contributed by atoms with Crippen molar-refractivity contribution < 1.29 is 0 Å². The van der Waals surface area contributed by atoms with Crippen LogP contribution in [0.4, 0.5) is 0 Å². The first-order valence-electron chi connectivity index (χ1n) is 5.85. The summed E-state index contributed by atoms with van der Waals surface area (Å²) in [5, 5.41) is 0.670. The maximum absolute atomic E-state index is 6.23. The summed E-state index contributed by atoms with van der Waals surface area (Å²) < 4.78 is 0. The Morgan fingerprint density at radius 1 is 1.12 bits per heavy atom. The van der Waals surface area contributed by atoms with E-state index >= 15 is 0 Å². The van der Waals surface area contributed by atoms with Gasteiger partial charge in [0.15, 0.2) is 0 Å². The van der Waals surface area contributed by atoms with E-state index in [0.717, 1.165) is 25.2 Å². The number of hydrogen-bond acceptors (Lipinski definition) is 3. The van der Waals surface area contributed by atoms with Crippen LogP contribution in [0.5, 0.6) is 0 Å². The summed E-state index contributed by atoms with van der Waals surface area (Å²) >= 11 is 6.23. The molecule has 0 saturated heterocycles. The second kappa shape index (κ2) is 5.11. The maximum atomic E-state index is 6.23. The van der Waals surface area contributed by atoms with Crippen LogP contribution in [0.2, 0.25) is 5.15 Å². The van der Waals surface area contributed by atoms with E-state index in [1.807, 2.05) is 14.1 Å². The third kappa shape index (κ3) is 2.71. The van der Waals surface area contributed by atoms with Gasteiger partial charge in [0.25, 0.3) is 0 Å². The van der Waals surface area contributed by atoms with E-state index in [-0.39, 0.29) is 0 Å². The summed E-state index contributed by atoms with van der Waals surface area (Å²) in [6.07, 6.45) is 5.80. The van der Waals surface area contributed by atoms with Crippen LogP contribution in [0.25, 0.3) is 0 Å². The van der Waals surface area contributed by atoms with Crippen molar-refractivity contribution in [3.63, 3.8) is 0 Å². The molecule has 0 fully saturated rings. The van der Waals surface area contributed by atoms with Gasteiger partial charge in [-0.05, 0) is 39.8 Å². The molecule has 1 aromatic heterocycles. The lowest BCUT2D eigenvalue weighted by Gasteiger charge is -2.12. The largest absolute Gasteiger partial charge is 0.302 e. The van der Waals surface area contributed by atoms with Gasteiger partial charge < -0.3 is 4.90 Å². The van der Waals surface area contributed by atoms with Crippen molar-refractivity contribution in [3.8, 4) is 0 Å². The van der Waals surface area contributed by atoms with Crippen LogP contribution in [0, 0.1) is 0 Å². The maximum Gasteiger partial charge on any atom is 0.144 e. The summed E-state index contributed by atoms with van der Waals surface area (Å²) in [5.74, 6) is 0.843. The molecule has 3 nitrogen and oxygen atoms in total. The highest BCUT2D eigenvalue weighted by atomic mass is 35.5. The number of hydrogen-bond donors (Lipinski definition) is 0. The van der Waals surface area contributed by atoms with Gasteiger partial charge in [-0.2, -0.15) is 0 Å². The van der Waals surface area contributed by atoms with Gasteiger partial charge in [0.2, 0.25) is 0 Å². The van der Waals surface area contributed by atoms with Crippen LogP contribution < -0.4 is 0 Å². The zero-order valence-corrected chi connectivity index (χ0v) is 10.7. The Hall–Kier alpha value is -0.670. The Labute approximate surface area is 102 Å². The molecular formula is C12H18ClN3. The molecule has 1 heterocycles. The SMILES string of the molecule is CN(C)Cc1nc(Cl)c2c(n1)CCCCC2. The van der Waals surface area contributed by atoms with Crippen molar-refractivity contribution in [3.05, 3.63) is 22.2 Å². The van der Waals surface area contributed by atoms with Crippen molar-refractivity contribution in [2.24, 2.45) is 0 Å². The molecule has 88 valence electrons. The smallest absolute Gasteiger partial charge is 0.144 e. The van der Waals surface area contributed by atoms with Crippen LogP contribution in [0.1, 0.15) is 36.3 Å². The lowest BCUT2D eigenvalue weighted by Crippen LogP contribution is -2.15. The molecule has 1 aliphatic carbocycles. The number of aryl methyl sites for hydroxylation is 1. The van der Waals surface area contributed by atoms with Crippen LogP contribution in [-0.2, 0) is 19.4 Å². The van der Waals surface area contributed by atoms with Crippen molar-refractivity contribution in [2.45, 2.75) is 38.6 Å². The monoisotopic (exact) mass is 239 g/mol. The Morgan fingerprint density at radius 3 is 2.62 bits per heavy atom. The van der Waals surface area contributed by atoms with Crippen molar-refractivity contribution in [1.29, 1.82) is 0 Å². The van der Waals surface area contributed by atoms with Crippen molar-refractivity contribution in [2.75, 3.05) is 14.1 Å². The van der Waals surface area contributed by atoms with E-state index < -0.39 is 0 Å². The molecular weight excluding hydrogens is 222 g/mol. The summed E-state index contributed by atoms with van der Waals surface area (Å²) in [7, 11) is 4.03. The topological polar surface area (TPSA) is 29.0 Å². The second-order valence-corrected chi connectivity index (χ2v) is 5.01.